The topological polar surface area (TPSA) is 26.3 Å². The first-order valence-electron chi connectivity index (χ1n) is 3.95. The lowest BCUT2D eigenvalue weighted by Gasteiger charge is -2.02. The Kier molecular flexibility index (Phi) is 4.95. The van der Waals surface area contributed by atoms with Gasteiger partial charge < -0.3 is 4.74 Å². The molecule has 2 nitrogen and oxygen atoms in total. The van der Waals surface area contributed by atoms with Crippen molar-refractivity contribution in [3.05, 3.63) is 38.8 Å². The molecular formula is C10H6Cl3O2. The molecule has 0 aliphatic carbocycles. The average Bonchev–Trinajstić information content (AvgIpc) is 2.24. The maximum Gasteiger partial charge on any atom is 0.417 e. The normalized spacial score (nSPS) is 10.6. The van der Waals surface area contributed by atoms with Gasteiger partial charge in [-0.15, -0.1) is 0 Å². The molecule has 0 amide bonds. The summed E-state index contributed by atoms with van der Waals surface area (Å²) in [5.41, 5.74) is 0.709. The molecule has 0 N–H and O–H groups in total. The number of halogens is 3. The second-order valence-electron chi connectivity index (χ2n) is 2.56. The second kappa shape index (κ2) is 6.01. The Morgan fingerprint density at radius 1 is 1.27 bits per heavy atom. The Morgan fingerprint density at radius 2 is 2.00 bits per heavy atom. The SMILES string of the molecule is O=[C]OCC=Cc1ccc(Cl)c(Cl)c1Cl. The number of rotatable bonds is 4. The first-order valence-corrected chi connectivity index (χ1v) is 5.09. The minimum absolute atomic E-state index is 0.139. The fraction of sp³-hybridized carbons (Fsp3) is 0.100. The van der Waals surface area contributed by atoms with Crippen LogP contribution in [0.3, 0.4) is 0 Å². The van der Waals surface area contributed by atoms with Gasteiger partial charge in [-0.25, -0.2) is 4.79 Å². The molecule has 0 aliphatic rings. The zero-order chi connectivity index (χ0) is 11.3. The van der Waals surface area contributed by atoms with Gasteiger partial charge in [0.05, 0.1) is 15.1 Å². The molecular weight excluding hydrogens is 258 g/mol. The van der Waals surface area contributed by atoms with Gasteiger partial charge in [0.15, 0.2) is 0 Å². The van der Waals surface area contributed by atoms with Crippen LogP contribution in [0, 0.1) is 0 Å². The molecule has 0 atom stereocenters. The van der Waals surface area contributed by atoms with Crippen molar-refractivity contribution in [2.75, 3.05) is 6.61 Å². The second-order valence-corrected chi connectivity index (χ2v) is 3.72. The molecule has 1 radical (unpaired) electrons. The number of ether oxygens (including phenoxy) is 1. The van der Waals surface area contributed by atoms with E-state index in [-0.39, 0.29) is 6.61 Å². The Labute approximate surface area is 102 Å². The molecule has 0 aliphatic heterocycles. The molecule has 1 aromatic rings. The fourth-order valence-corrected chi connectivity index (χ4v) is 1.53. The lowest BCUT2D eigenvalue weighted by atomic mass is 10.2. The third-order valence-electron chi connectivity index (χ3n) is 1.60. The van der Waals surface area contributed by atoms with E-state index in [1.165, 1.54) is 6.47 Å². The first-order chi connectivity index (χ1) is 7.16. The molecule has 0 aromatic heterocycles. The van der Waals surface area contributed by atoms with E-state index in [1.807, 2.05) is 0 Å². The van der Waals surface area contributed by atoms with Crippen molar-refractivity contribution in [3.63, 3.8) is 0 Å². The molecule has 79 valence electrons. The highest BCUT2D eigenvalue weighted by Crippen LogP contribution is 2.33. The maximum atomic E-state index is 9.74. The van der Waals surface area contributed by atoms with Gasteiger partial charge in [0.25, 0.3) is 0 Å². The minimum atomic E-state index is 0.139. The molecule has 0 fully saturated rings. The van der Waals surface area contributed by atoms with Gasteiger partial charge in [0.1, 0.15) is 6.61 Å². The Morgan fingerprint density at radius 3 is 2.67 bits per heavy atom. The molecule has 0 saturated heterocycles. The molecule has 1 rings (SSSR count). The summed E-state index contributed by atoms with van der Waals surface area (Å²) in [6.07, 6.45) is 3.30. The number of benzene rings is 1. The van der Waals surface area contributed by atoms with Gasteiger partial charge in [0, 0.05) is 0 Å². The van der Waals surface area contributed by atoms with Crippen LogP contribution >= 0.6 is 34.8 Å². The fourth-order valence-electron chi connectivity index (χ4n) is 0.927. The molecule has 0 bridgehead atoms. The van der Waals surface area contributed by atoms with Crippen LogP contribution in [-0.4, -0.2) is 13.1 Å². The van der Waals surface area contributed by atoms with E-state index in [9.17, 15) is 4.79 Å². The van der Waals surface area contributed by atoms with Crippen LogP contribution < -0.4 is 0 Å². The predicted molar refractivity (Wildman–Crippen MR) is 62.2 cm³/mol. The highest BCUT2D eigenvalue weighted by Gasteiger charge is 2.05. The van der Waals surface area contributed by atoms with Crippen LogP contribution in [0.1, 0.15) is 5.56 Å². The quantitative estimate of drug-likeness (QED) is 0.611. The van der Waals surface area contributed by atoms with Crippen LogP contribution in [-0.2, 0) is 9.53 Å². The smallest absolute Gasteiger partial charge is 0.417 e. The van der Waals surface area contributed by atoms with Crippen molar-refractivity contribution in [1.29, 1.82) is 0 Å². The average molecular weight is 265 g/mol. The number of hydrogen-bond donors (Lipinski definition) is 0. The first kappa shape index (κ1) is 12.4. The summed E-state index contributed by atoms with van der Waals surface area (Å²) < 4.78 is 4.35. The van der Waals surface area contributed by atoms with Gasteiger partial charge in [-0.3, -0.25) is 0 Å². The molecule has 0 saturated carbocycles. The van der Waals surface area contributed by atoms with Gasteiger partial charge in [-0.2, -0.15) is 0 Å². The summed E-state index contributed by atoms with van der Waals surface area (Å²) in [4.78, 5) is 9.74. The van der Waals surface area contributed by atoms with Crippen molar-refractivity contribution < 1.29 is 9.53 Å². The molecule has 15 heavy (non-hydrogen) atoms. The highest BCUT2D eigenvalue weighted by molar-refractivity contribution is 6.48. The van der Waals surface area contributed by atoms with E-state index >= 15 is 0 Å². The van der Waals surface area contributed by atoms with Gasteiger partial charge in [0.2, 0.25) is 0 Å². The Bertz CT molecular complexity index is 388. The summed E-state index contributed by atoms with van der Waals surface area (Å²) in [7, 11) is 0. The third-order valence-corrected chi connectivity index (χ3v) is 2.91. The van der Waals surface area contributed by atoms with Crippen LogP contribution in [0.4, 0.5) is 0 Å². The van der Waals surface area contributed by atoms with Gasteiger partial charge >= 0.3 is 6.47 Å². The van der Waals surface area contributed by atoms with E-state index in [2.05, 4.69) is 4.74 Å². The largest absolute Gasteiger partial charge is 0.453 e. The highest BCUT2D eigenvalue weighted by atomic mass is 35.5. The van der Waals surface area contributed by atoms with Crippen LogP contribution in [0.5, 0.6) is 0 Å². The monoisotopic (exact) mass is 263 g/mol. The summed E-state index contributed by atoms with van der Waals surface area (Å²) in [5.74, 6) is 0. The Balaban J connectivity index is 2.82. The third kappa shape index (κ3) is 3.42. The lowest BCUT2D eigenvalue weighted by molar-refractivity contribution is 0.314. The minimum Gasteiger partial charge on any atom is -0.453 e. The number of carbonyl (C=O) groups excluding carboxylic acids is 1. The zero-order valence-corrected chi connectivity index (χ0v) is 9.73. The Hall–Kier alpha value is -0.700. The van der Waals surface area contributed by atoms with Gasteiger partial charge in [-0.1, -0.05) is 46.9 Å². The molecule has 0 spiro atoms. The van der Waals surface area contributed by atoms with Crippen LogP contribution in [0.2, 0.25) is 15.1 Å². The van der Waals surface area contributed by atoms with Crippen molar-refractivity contribution in [1.82, 2.24) is 0 Å². The summed E-state index contributed by atoms with van der Waals surface area (Å²) >= 11 is 17.5. The summed E-state index contributed by atoms with van der Waals surface area (Å²) in [6.45, 7) is 1.45. The van der Waals surface area contributed by atoms with E-state index < -0.39 is 0 Å². The maximum absolute atomic E-state index is 9.74. The van der Waals surface area contributed by atoms with Crippen molar-refractivity contribution >= 4 is 47.4 Å². The van der Waals surface area contributed by atoms with Gasteiger partial charge in [-0.05, 0) is 17.7 Å². The van der Waals surface area contributed by atoms with E-state index in [1.54, 1.807) is 24.3 Å². The molecule has 0 unspecified atom stereocenters. The van der Waals surface area contributed by atoms with Crippen molar-refractivity contribution in [3.8, 4) is 0 Å². The lowest BCUT2D eigenvalue weighted by Crippen LogP contribution is -1.85. The zero-order valence-electron chi connectivity index (χ0n) is 7.47. The van der Waals surface area contributed by atoms with Crippen LogP contribution in [0.15, 0.2) is 18.2 Å². The molecule has 1 aromatic carbocycles. The summed E-state index contributed by atoms with van der Waals surface area (Å²) in [6, 6.07) is 3.36. The van der Waals surface area contributed by atoms with Crippen molar-refractivity contribution in [2.24, 2.45) is 0 Å². The van der Waals surface area contributed by atoms with E-state index in [0.29, 0.717) is 20.6 Å². The standard InChI is InChI=1S/C10H6Cl3O2/c11-8-4-3-7(9(12)10(8)13)2-1-5-15-6-14/h1-4H,5H2. The van der Waals surface area contributed by atoms with Crippen LogP contribution in [0.25, 0.3) is 6.08 Å². The predicted octanol–water partition coefficient (Wildman–Crippen LogP) is 3.74. The van der Waals surface area contributed by atoms with E-state index in [4.69, 9.17) is 34.8 Å². The number of hydrogen-bond acceptors (Lipinski definition) is 2. The summed E-state index contributed by atoms with van der Waals surface area (Å²) in [5, 5.41) is 1.08. The molecule has 5 heteroatoms. The van der Waals surface area contributed by atoms with Crippen molar-refractivity contribution in [2.45, 2.75) is 0 Å². The molecule has 0 heterocycles. The van der Waals surface area contributed by atoms with E-state index in [0.717, 1.165) is 0 Å².